The van der Waals surface area contributed by atoms with Crippen LogP contribution >= 0.6 is 23.2 Å². The molecule has 116 valence electrons. The van der Waals surface area contributed by atoms with Crippen LogP contribution in [0.1, 0.15) is 21.5 Å². The summed E-state index contributed by atoms with van der Waals surface area (Å²) < 4.78 is 0. The molecule has 4 nitrogen and oxygen atoms in total. The molecule has 0 unspecified atom stereocenters. The number of rotatable bonds is 4. The van der Waals surface area contributed by atoms with Crippen molar-refractivity contribution in [3.63, 3.8) is 0 Å². The minimum atomic E-state index is -0.251. The smallest absolute Gasteiger partial charge is 0.251 e. The minimum absolute atomic E-state index is 0.152. The third kappa shape index (κ3) is 3.84. The Morgan fingerprint density at radius 1 is 1.09 bits per heavy atom. The normalized spacial score (nSPS) is 10.5. The second-order valence-corrected chi connectivity index (χ2v) is 5.72. The van der Waals surface area contributed by atoms with E-state index in [-0.39, 0.29) is 17.4 Å². The Kier molecular flexibility index (Phi) is 5.16. The molecule has 0 heterocycles. The zero-order valence-electron chi connectivity index (χ0n) is 11.9. The second-order valence-electron chi connectivity index (χ2n) is 4.90. The lowest BCUT2D eigenvalue weighted by molar-refractivity contribution is 0.0954. The van der Waals surface area contributed by atoms with E-state index in [1.54, 1.807) is 12.1 Å². The van der Waals surface area contributed by atoms with Gasteiger partial charge in [0.15, 0.2) is 11.5 Å². The molecule has 0 saturated carbocycles. The van der Waals surface area contributed by atoms with Gasteiger partial charge >= 0.3 is 0 Å². The first-order chi connectivity index (χ1) is 10.4. The van der Waals surface area contributed by atoms with Gasteiger partial charge in [0.2, 0.25) is 0 Å². The summed E-state index contributed by atoms with van der Waals surface area (Å²) in [6, 6.07) is 7.67. The number of phenols is 2. The van der Waals surface area contributed by atoms with Crippen LogP contribution in [0.25, 0.3) is 0 Å². The number of carbonyl (C=O) groups excluding carboxylic acids is 1. The summed E-state index contributed by atoms with van der Waals surface area (Å²) in [6.07, 6.45) is 0.534. The predicted molar refractivity (Wildman–Crippen MR) is 87.0 cm³/mol. The fourth-order valence-corrected chi connectivity index (χ4v) is 2.34. The minimum Gasteiger partial charge on any atom is -0.504 e. The van der Waals surface area contributed by atoms with Crippen molar-refractivity contribution in [1.29, 1.82) is 0 Å². The van der Waals surface area contributed by atoms with Crippen molar-refractivity contribution in [2.75, 3.05) is 6.54 Å². The fourth-order valence-electron chi connectivity index (χ4n) is 2.04. The molecule has 0 spiro atoms. The number of amides is 1. The lowest BCUT2D eigenvalue weighted by atomic mass is 10.0. The van der Waals surface area contributed by atoms with Gasteiger partial charge in [-0.05, 0) is 54.8 Å². The zero-order chi connectivity index (χ0) is 16.3. The molecule has 0 atom stereocenters. The fraction of sp³-hybridized carbons (Fsp3) is 0.188. The van der Waals surface area contributed by atoms with E-state index in [2.05, 4.69) is 5.32 Å². The Bertz CT molecular complexity index is 717. The van der Waals surface area contributed by atoms with Gasteiger partial charge in [0.1, 0.15) is 0 Å². The first-order valence-electron chi connectivity index (χ1n) is 6.63. The molecule has 6 heteroatoms. The van der Waals surface area contributed by atoms with Crippen LogP contribution in [0.15, 0.2) is 30.3 Å². The van der Waals surface area contributed by atoms with Crippen molar-refractivity contribution in [2.45, 2.75) is 13.3 Å². The van der Waals surface area contributed by atoms with Crippen LogP contribution in [-0.2, 0) is 6.42 Å². The first-order valence-corrected chi connectivity index (χ1v) is 7.39. The maximum Gasteiger partial charge on any atom is 0.251 e. The average Bonchev–Trinajstić information content (AvgIpc) is 2.47. The number of hydrogen-bond acceptors (Lipinski definition) is 3. The number of benzene rings is 2. The first kappa shape index (κ1) is 16.5. The maximum absolute atomic E-state index is 12.0. The van der Waals surface area contributed by atoms with Gasteiger partial charge in [-0.25, -0.2) is 0 Å². The van der Waals surface area contributed by atoms with Crippen LogP contribution in [0.4, 0.5) is 0 Å². The number of nitrogens with one attached hydrogen (secondary N) is 1. The maximum atomic E-state index is 12.0. The zero-order valence-corrected chi connectivity index (χ0v) is 13.4. The summed E-state index contributed by atoms with van der Waals surface area (Å²) in [4.78, 5) is 12.0. The van der Waals surface area contributed by atoms with E-state index in [4.69, 9.17) is 23.2 Å². The highest BCUT2D eigenvalue weighted by Gasteiger charge is 2.09. The van der Waals surface area contributed by atoms with Gasteiger partial charge < -0.3 is 15.5 Å². The lowest BCUT2D eigenvalue weighted by Gasteiger charge is -2.09. The second kappa shape index (κ2) is 6.90. The highest BCUT2D eigenvalue weighted by atomic mass is 35.5. The lowest BCUT2D eigenvalue weighted by Crippen LogP contribution is -2.25. The average molecular weight is 340 g/mol. The van der Waals surface area contributed by atoms with E-state index in [0.29, 0.717) is 28.6 Å². The molecular formula is C16H15Cl2NO3. The Labute approximate surface area is 138 Å². The molecule has 0 aromatic heterocycles. The van der Waals surface area contributed by atoms with E-state index < -0.39 is 0 Å². The van der Waals surface area contributed by atoms with E-state index in [1.165, 1.54) is 18.2 Å². The van der Waals surface area contributed by atoms with Crippen molar-refractivity contribution in [3.05, 3.63) is 57.1 Å². The van der Waals surface area contributed by atoms with Gasteiger partial charge in [0.05, 0.1) is 10.0 Å². The topological polar surface area (TPSA) is 69.6 Å². The van der Waals surface area contributed by atoms with Gasteiger partial charge in [-0.2, -0.15) is 0 Å². The highest BCUT2D eigenvalue weighted by molar-refractivity contribution is 6.42. The van der Waals surface area contributed by atoms with E-state index in [0.717, 1.165) is 11.1 Å². The number of aryl methyl sites for hydroxylation is 1. The van der Waals surface area contributed by atoms with Crippen LogP contribution in [0.2, 0.25) is 10.0 Å². The third-order valence-corrected chi connectivity index (χ3v) is 4.03. The molecule has 3 N–H and O–H groups in total. The molecule has 1 amide bonds. The van der Waals surface area contributed by atoms with Gasteiger partial charge in [0, 0.05) is 12.1 Å². The predicted octanol–water partition coefficient (Wildman–Crippen LogP) is 3.69. The number of halogens is 2. The monoisotopic (exact) mass is 339 g/mol. The number of carbonyl (C=O) groups is 1. The van der Waals surface area contributed by atoms with Crippen LogP contribution in [-0.4, -0.2) is 22.7 Å². The summed E-state index contributed by atoms with van der Waals surface area (Å²) in [7, 11) is 0. The highest BCUT2D eigenvalue weighted by Crippen LogP contribution is 2.28. The Balaban J connectivity index is 1.97. The summed E-state index contributed by atoms with van der Waals surface area (Å²) in [5.74, 6) is -0.572. The summed E-state index contributed by atoms with van der Waals surface area (Å²) in [5.41, 5.74) is 2.13. The van der Waals surface area contributed by atoms with Gasteiger partial charge in [-0.1, -0.05) is 23.2 Å². The summed E-state index contributed by atoms with van der Waals surface area (Å²) >= 11 is 11.7. The van der Waals surface area contributed by atoms with Crippen LogP contribution in [0, 0.1) is 6.92 Å². The van der Waals surface area contributed by atoms with Crippen LogP contribution in [0.5, 0.6) is 11.5 Å². The molecular weight excluding hydrogens is 325 g/mol. The van der Waals surface area contributed by atoms with Gasteiger partial charge in [-0.15, -0.1) is 0 Å². The molecule has 0 saturated heterocycles. The Morgan fingerprint density at radius 3 is 2.45 bits per heavy atom. The number of hydrogen-bond donors (Lipinski definition) is 3. The Hall–Kier alpha value is -1.91. The van der Waals surface area contributed by atoms with Gasteiger partial charge in [-0.3, -0.25) is 4.79 Å². The van der Waals surface area contributed by atoms with Crippen molar-refractivity contribution in [1.82, 2.24) is 5.32 Å². The number of aromatic hydroxyl groups is 2. The van der Waals surface area contributed by atoms with E-state index in [1.807, 2.05) is 6.92 Å². The molecule has 0 radical (unpaired) electrons. The summed E-state index contributed by atoms with van der Waals surface area (Å²) in [6.45, 7) is 2.22. The quantitative estimate of drug-likeness (QED) is 0.744. The molecule has 0 aliphatic carbocycles. The van der Waals surface area contributed by atoms with Crippen LogP contribution in [0.3, 0.4) is 0 Å². The number of phenolic OH excluding ortho intramolecular Hbond substituents is 2. The molecule has 2 aromatic carbocycles. The van der Waals surface area contributed by atoms with Crippen molar-refractivity contribution < 1.29 is 15.0 Å². The molecule has 2 rings (SSSR count). The van der Waals surface area contributed by atoms with Crippen LogP contribution < -0.4 is 5.32 Å². The van der Waals surface area contributed by atoms with Gasteiger partial charge in [0.25, 0.3) is 5.91 Å². The molecule has 0 bridgehead atoms. The Morgan fingerprint density at radius 2 is 1.77 bits per heavy atom. The molecule has 0 aliphatic heterocycles. The van der Waals surface area contributed by atoms with Crippen molar-refractivity contribution in [3.8, 4) is 11.5 Å². The largest absolute Gasteiger partial charge is 0.504 e. The molecule has 22 heavy (non-hydrogen) atoms. The molecule has 0 aliphatic rings. The summed E-state index contributed by atoms with van der Waals surface area (Å²) in [5, 5.41) is 22.4. The van der Waals surface area contributed by atoms with E-state index >= 15 is 0 Å². The van der Waals surface area contributed by atoms with E-state index in [9.17, 15) is 15.0 Å². The molecule has 0 fully saturated rings. The molecule has 2 aromatic rings. The standard InChI is InChI=1S/C16H15Cl2NO3/c1-9-6-14(20)15(21)8-10(9)4-5-19-16(22)11-2-3-12(17)13(18)7-11/h2-3,6-8,20-21H,4-5H2,1H3,(H,19,22). The van der Waals surface area contributed by atoms with Crippen molar-refractivity contribution in [2.24, 2.45) is 0 Å². The SMILES string of the molecule is Cc1cc(O)c(O)cc1CCNC(=O)c1ccc(Cl)c(Cl)c1. The third-order valence-electron chi connectivity index (χ3n) is 3.29. The van der Waals surface area contributed by atoms with Crippen molar-refractivity contribution >= 4 is 29.1 Å².